The van der Waals surface area contributed by atoms with E-state index in [1.165, 1.54) is 24.3 Å². The van der Waals surface area contributed by atoms with Gasteiger partial charge in [0.25, 0.3) is 5.91 Å². The molecule has 2 aromatic rings. The molecular weight excluding hydrogens is 259 g/mol. The van der Waals surface area contributed by atoms with E-state index in [0.29, 0.717) is 17.9 Å². The summed E-state index contributed by atoms with van der Waals surface area (Å²) in [5, 5.41) is 2.72. The van der Waals surface area contributed by atoms with E-state index in [2.05, 4.69) is 10.3 Å². The Morgan fingerprint density at radius 3 is 2.70 bits per heavy atom. The Morgan fingerprint density at radius 1 is 1.35 bits per heavy atom. The fourth-order valence-corrected chi connectivity index (χ4v) is 1.66. The molecule has 1 amide bonds. The first-order chi connectivity index (χ1) is 9.69. The van der Waals surface area contributed by atoms with Gasteiger partial charge in [0.2, 0.25) is 0 Å². The number of carbonyl (C=O) groups is 1. The lowest BCUT2D eigenvalue weighted by Gasteiger charge is -2.17. The first-order valence-corrected chi connectivity index (χ1v) is 6.32. The lowest BCUT2D eigenvalue weighted by atomic mass is 10.2. The predicted octanol–water partition coefficient (Wildman–Crippen LogP) is 3.02. The Balaban J connectivity index is 2.00. The lowest BCUT2D eigenvalue weighted by molar-refractivity contribution is -0.122. The normalized spacial score (nSPS) is 11.7. The molecule has 4 nitrogen and oxygen atoms in total. The van der Waals surface area contributed by atoms with Gasteiger partial charge in [-0.2, -0.15) is 0 Å². The Bertz CT molecular complexity index is 558. The molecule has 0 unspecified atom stereocenters. The molecule has 0 saturated heterocycles. The van der Waals surface area contributed by atoms with Gasteiger partial charge >= 0.3 is 0 Å². The highest BCUT2D eigenvalue weighted by Crippen LogP contribution is 2.15. The largest absolute Gasteiger partial charge is 0.481 e. The number of aromatic nitrogens is 1. The molecule has 1 N–H and O–H groups in total. The Hall–Kier alpha value is -2.43. The van der Waals surface area contributed by atoms with E-state index < -0.39 is 6.10 Å². The average Bonchev–Trinajstić information content (AvgIpc) is 2.47. The number of anilines is 1. The van der Waals surface area contributed by atoms with Crippen molar-refractivity contribution in [2.75, 3.05) is 5.32 Å². The van der Waals surface area contributed by atoms with E-state index >= 15 is 0 Å². The third-order valence-corrected chi connectivity index (χ3v) is 2.68. The molecule has 0 fully saturated rings. The molecule has 0 saturated carbocycles. The molecule has 1 atom stereocenters. The first-order valence-electron chi connectivity index (χ1n) is 6.32. The van der Waals surface area contributed by atoms with Crippen molar-refractivity contribution in [3.05, 3.63) is 54.6 Å². The van der Waals surface area contributed by atoms with Gasteiger partial charge in [-0.15, -0.1) is 0 Å². The van der Waals surface area contributed by atoms with Gasteiger partial charge in [-0.1, -0.05) is 6.92 Å². The summed E-state index contributed by atoms with van der Waals surface area (Å²) in [6.07, 6.45) is 3.05. The zero-order chi connectivity index (χ0) is 14.4. The van der Waals surface area contributed by atoms with Crippen LogP contribution in [0.15, 0.2) is 48.8 Å². The summed E-state index contributed by atoms with van der Waals surface area (Å²) < 4.78 is 18.4. The minimum atomic E-state index is -0.638. The molecule has 20 heavy (non-hydrogen) atoms. The molecule has 104 valence electrons. The number of hydrogen-bond donors (Lipinski definition) is 1. The third-order valence-electron chi connectivity index (χ3n) is 2.68. The van der Waals surface area contributed by atoms with E-state index in [1.54, 1.807) is 24.5 Å². The van der Waals surface area contributed by atoms with Crippen LogP contribution in [0.3, 0.4) is 0 Å². The second-order valence-corrected chi connectivity index (χ2v) is 4.20. The first kappa shape index (κ1) is 14.0. The maximum atomic E-state index is 12.8. The SMILES string of the molecule is CC[C@@H](Oc1ccc(F)cc1)C(=O)Nc1cccnc1. The van der Waals surface area contributed by atoms with Crippen LogP contribution in [0.5, 0.6) is 5.75 Å². The van der Waals surface area contributed by atoms with Crippen molar-refractivity contribution >= 4 is 11.6 Å². The summed E-state index contributed by atoms with van der Waals surface area (Å²) in [6, 6.07) is 9.06. The number of ether oxygens (including phenoxy) is 1. The topological polar surface area (TPSA) is 51.2 Å². The average molecular weight is 274 g/mol. The zero-order valence-electron chi connectivity index (χ0n) is 11.0. The van der Waals surface area contributed by atoms with Crippen molar-refractivity contribution in [3.8, 4) is 5.75 Å². The molecule has 0 bridgehead atoms. The van der Waals surface area contributed by atoms with Gasteiger partial charge in [0.1, 0.15) is 11.6 Å². The maximum Gasteiger partial charge on any atom is 0.265 e. The highest BCUT2D eigenvalue weighted by Gasteiger charge is 2.18. The molecule has 2 rings (SSSR count). The van der Waals surface area contributed by atoms with Gasteiger partial charge in [-0.05, 0) is 42.8 Å². The number of rotatable bonds is 5. The highest BCUT2D eigenvalue weighted by atomic mass is 19.1. The molecule has 0 aliphatic carbocycles. The van der Waals surface area contributed by atoms with Crippen molar-refractivity contribution < 1.29 is 13.9 Å². The number of nitrogens with one attached hydrogen (secondary N) is 1. The van der Waals surface area contributed by atoms with Gasteiger partial charge in [-0.25, -0.2) is 4.39 Å². The molecule has 1 aromatic carbocycles. The molecule has 0 spiro atoms. The number of pyridine rings is 1. The van der Waals surface area contributed by atoms with E-state index in [1.807, 2.05) is 6.92 Å². The Morgan fingerprint density at radius 2 is 2.10 bits per heavy atom. The van der Waals surface area contributed by atoms with Crippen LogP contribution < -0.4 is 10.1 Å². The fraction of sp³-hybridized carbons (Fsp3) is 0.200. The molecule has 0 aliphatic heterocycles. The van der Waals surface area contributed by atoms with Gasteiger partial charge in [0, 0.05) is 6.20 Å². The number of nitrogens with zero attached hydrogens (tertiary/aromatic N) is 1. The predicted molar refractivity (Wildman–Crippen MR) is 74.0 cm³/mol. The van der Waals surface area contributed by atoms with Crippen LogP contribution >= 0.6 is 0 Å². The van der Waals surface area contributed by atoms with Crippen LogP contribution in [0, 0.1) is 5.82 Å². The summed E-state index contributed by atoms with van der Waals surface area (Å²) >= 11 is 0. The molecular formula is C15H15FN2O2. The number of hydrogen-bond acceptors (Lipinski definition) is 3. The Labute approximate surface area is 116 Å². The van der Waals surface area contributed by atoms with Crippen molar-refractivity contribution in [1.82, 2.24) is 4.98 Å². The van der Waals surface area contributed by atoms with Crippen molar-refractivity contribution in [2.45, 2.75) is 19.4 Å². The maximum absolute atomic E-state index is 12.8. The zero-order valence-corrected chi connectivity index (χ0v) is 11.0. The number of carbonyl (C=O) groups excluding carboxylic acids is 1. The minimum absolute atomic E-state index is 0.259. The number of benzene rings is 1. The standard InChI is InChI=1S/C15H15FN2O2/c1-2-14(20-13-7-5-11(16)6-8-13)15(19)18-12-4-3-9-17-10-12/h3-10,14H,2H2,1H3,(H,18,19)/t14-/m1/s1. The van der Waals surface area contributed by atoms with Crippen LogP contribution in [0.4, 0.5) is 10.1 Å². The number of halogens is 1. The van der Waals surface area contributed by atoms with E-state index in [4.69, 9.17) is 4.74 Å². The second kappa shape index (κ2) is 6.65. The van der Waals surface area contributed by atoms with E-state index in [0.717, 1.165) is 0 Å². The summed E-state index contributed by atoms with van der Waals surface area (Å²) in [6.45, 7) is 1.84. The molecule has 0 radical (unpaired) electrons. The molecule has 5 heteroatoms. The van der Waals surface area contributed by atoms with Crippen LogP contribution in [0.2, 0.25) is 0 Å². The smallest absolute Gasteiger partial charge is 0.265 e. The van der Waals surface area contributed by atoms with E-state index in [9.17, 15) is 9.18 Å². The second-order valence-electron chi connectivity index (χ2n) is 4.20. The van der Waals surface area contributed by atoms with Crippen LogP contribution in [-0.2, 0) is 4.79 Å². The minimum Gasteiger partial charge on any atom is -0.481 e. The third kappa shape index (κ3) is 3.78. The van der Waals surface area contributed by atoms with E-state index in [-0.39, 0.29) is 11.7 Å². The van der Waals surface area contributed by atoms with Gasteiger partial charge in [0.05, 0.1) is 11.9 Å². The van der Waals surface area contributed by atoms with Gasteiger partial charge < -0.3 is 10.1 Å². The van der Waals surface area contributed by atoms with Crippen LogP contribution in [-0.4, -0.2) is 17.0 Å². The summed E-state index contributed by atoms with van der Waals surface area (Å²) in [4.78, 5) is 16.0. The quantitative estimate of drug-likeness (QED) is 0.911. The summed E-state index contributed by atoms with van der Waals surface area (Å²) in [5.74, 6) is -0.144. The van der Waals surface area contributed by atoms with Crippen molar-refractivity contribution in [3.63, 3.8) is 0 Å². The van der Waals surface area contributed by atoms with Crippen molar-refractivity contribution in [2.24, 2.45) is 0 Å². The van der Waals surface area contributed by atoms with Crippen LogP contribution in [0.25, 0.3) is 0 Å². The van der Waals surface area contributed by atoms with Crippen molar-refractivity contribution in [1.29, 1.82) is 0 Å². The van der Waals surface area contributed by atoms with Gasteiger partial charge in [-0.3, -0.25) is 9.78 Å². The summed E-state index contributed by atoms with van der Waals surface area (Å²) in [5.41, 5.74) is 0.610. The Kier molecular flexibility index (Phi) is 4.65. The summed E-state index contributed by atoms with van der Waals surface area (Å²) in [7, 11) is 0. The lowest BCUT2D eigenvalue weighted by Crippen LogP contribution is -2.32. The molecule has 1 aromatic heterocycles. The molecule has 1 heterocycles. The molecule has 0 aliphatic rings. The van der Waals surface area contributed by atoms with Gasteiger partial charge in [0.15, 0.2) is 6.10 Å². The number of amides is 1. The van der Waals surface area contributed by atoms with Crippen LogP contribution in [0.1, 0.15) is 13.3 Å². The monoisotopic (exact) mass is 274 g/mol. The highest BCUT2D eigenvalue weighted by molar-refractivity contribution is 5.94. The fourth-order valence-electron chi connectivity index (χ4n) is 1.66.